The van der Waals surface area contributed by atoms with E-state index >= 15 is 0 Å². The van der Waals surface area contributed by atoms with Gasteiger partial charge in [-0.25, -0.2) is 8.42 Å². The third-order valence-electron chi connectivity index (χ3n) is 6.24. The van der Waals surface area contributed by atoms with Crippen LogP contribution in [0.15, 0.2) is 72.8 Å². The summed E-state index contributed by atoms with van der Waals surface area (Å²) in [5, 5.41) is 3.25. The van der Waals surface area contributed by atoms with Crippen LogP contribution < -0.4 is 19.1 Å². The summed E-state index contributed by atoms with van der Waals surface area (Å²) in [7, 11) is -3.90. The van der Waals surface area contributed by atoms with Gasteiger partial charge in [-0.2, -0.15) is 0 Å². The van der Waals surface area contributed by atoms with Crippen LogP contribution in [0, 0.1) is 0 Å². The van der Waals surface area contributed by atoms with Gasteiger partial charge in [0.1, 0.15) is 12.6 Å². The molecule has 1 N–H and O–H groups in total. The van der Waals surface area contributed by atoms with Gasteiger partial charge in [0.2, 0.25) is 28.6 Å². The van der Waals surface area contributed by atoms with Crippen LogP contribution in [0.2, 0.25) is 5.02 Å². The van der Waals surface area contributed by atoms with Crippen LogP contribution in [0.1, 0.15) is 18.1 Å². The molecule has 206 valence electrons. The second-order valence-corrected chi connectivity index (χ2v) is 11.3. The molecule has 1 aliphatic rings. The molecule has 1 unspecified atom stereocenters. The van der Waals surface area contributed by atoms with Gasteiger partial charge in [-0.3, -0.25) is 13.9 Å². The molecule has 11 heteroatoms. The van der Waals surface area contributed by atoms with Crippen LogP contribution in [0.3, 0.4) is 0 Å². The van der Waals surface area contributed by atoms with Crippen molar-refractivity contribution in [2.45, 2.75) is 25.9 Å². The zero-order valence-corrected chi connectivity index (χ0v) is 23.2. The maximum absolute atomic E-state index is 14.0. The fourth-order valence-corrected chi connectivity index (χ4v) is 5.35. The van der Waals surface area contributed by atoms with Gasteiger partial charge >= 0.3 is 0 Å². The molecule has 3 aromatic carbocycles. The first kappa shape index (κ1) is 28.3. The summed E-state index contributed by atoms with van der Waals surface area (Å²) in [6, 6.07) is 20.1. The number of nitrogens with zero attached hydrogens (tertiary/aromatic N) is 2. The Kier molecular flexibility index (Phi) is 8.98. The molecule has 0 bridgehead atoms. The number of benzene rings is 3. The molecular weight excluding hydrogens is 542 g/mol. The van der Waals surface area contributed by atoms with Gasteiger partial charge in [0.05, 0.1) is 11.9 Å². The molecule has 0 aliphatic carbocycles. The Morgan fingerprint density at radius 2 is 1.69 bits per heavy atom. The minimum atomic E-state index is -3.90. The lowest BCUT2D eigenvalue weighted by Gasteiger charge is -2.33. The Labute approximate surface area is 233 Å². The van der Waals surface area contributed by atoms with Crippen molar-refractivity contribution in [1.82, 2.24) is 10.2 Å². The van der Waals surface area contributed by atoms with Crippen LogP contribution in [0.4, 0.5) is 5.69 Å². The first-order valence-electron chi connectivity index (χ1n) is 12.4. The summed E-state index contributed by atoms with van der Waals surface area (Å²) >= 11 is 6.44. The monoisotopic (exact) mass is 571 g/mol. The van der Waals surface area contributed by atoms with Crippen molar-refractivity contribution in [3.8, 4) is 11.5 Å². The van der Waals surface area contributed by atoms with Gasteiger partial charge in [-0.1, -0.05) is 60.1 Å². The summed E-state index contributed by atoms with van der Waals surface area (Å²) in [5.41, 5.74) is 1.72. The second-order valence-electron chi connectivity index (χ2n) is 9.02. The number of sulfonamides is 1. The van der Waals surface area contributed by atoms with Crippen molar-refractivity contribution in [2.75, 3.05) is 30.4 Å². The van der Waals surface area contributed by atoms with Gasteiger partial charge in [0.25, 0.3) is 0 Å². The standard InChI is InChI=1S/C28H30ClN3O6S/c1-3-30-28(34)24(15-20-9-5-4-6-10-20)31(17-21-11-7-8-12-23(21)29)27(33)18-32(39(2,35)36)22-13-14-25-26(16-22)38-19-37-25/h4-14,16,24H,3,15,17-19H2,1-2H3,(H,30,34). The first-order chi connectivity index (χ1) is 18.7. The quantitative estimate of drug-likeness (QED) is 0.377. The molecule has 4 rings (SSSR count). The predicted molar refractivity (Wildman–Crippen MR) is 149 cm³/mol. The van der Waals surface area contributed by atoms with E-state index in [9.17, 15) is 18.0 Å². The van der Waals surface area contributed by atoms with E-state index in [1.165, 1.54) is 11.0 Å². The largest absolute Gasteiger partial charge is 0.454 e. The molecule has 2 amide bonds. The predicted octanol–water partition coefficient (Wildman–Crippen LogP) is 3.61. The molecule has 9 nitrogen and oxygen atoms in total. The van der Waals surface area contributed by atoms with Crippen molar-refractivity contribution in [1.29, 1.82) is 0 Å². The number of ether oxygens (including phenoxy) is 2. The number of hydrogen-bond donors (Lipinski definition) is 1. The molecular formula is C28H30ClN3O6S. The highest BCUT2D eigenvalue weighted by Crippen LogP contribution is 2.36. The van der Waals surface area contributed by atoms with E-state index < -0.39 is 28.5 Å². The Morgan fingerprint density at radius 1 is 1.00 bits per heavy atom. The normalized spacial score (nSPS) is 13.0. The SMILES string of the molecule is CCNC(=O)C(Cc1ccccc1)N(Cc1ccccc1Cl)C(=O)CN(c1ccc2c(c1)OCO2)S(C)(=O)=O. The second kappa shape index (κ2) is 12.4. The highest BCUT2D eigenvalue weighted by Gasteiger charge is 2.33. The van der Waals surface area contributed by atoms with Crippen LogP contribution in [0.25, 0.3) is 0 Å². The van der Waals surface area contributed by atoms with E-state index in [0.717, 1.165) is 16.1 Å². The minimum Gasteiger partial charge on any atom is -0.454 e. The lowest BCUT2D eigenvalue weighted by Crippen LogP contribution is -2.53. The van der Waals surface area contributed by atoms with E-state index in [-0.39, 0.29) is 31.4 Å². The number of carbonyl (C=O) groups is 2. The molecule has 0 saturated carbocycles. The van der Waals surface area contributed by atoms with Gasteiger partial charge in [-0.15, -0.1) is 0 Å². The van der Waals surface area contributed by atoms with Crippen LogP contribution in [0.5, 0.6) is 11.5 Å². The number of nitrogens with one attached hydrogen (secondary N) is 1. The van der Waals surface area contributed by atoms with E-state index in [1.807, 2.05) is 30.3 Å². The Hall–Kier alpha value is -3.76. The molecule has 1 aliphatic heterocycles. The smallest absolute Gasteiger partial charge is 0.244 e. The van der Waals surface area contributed by atoms with Crippen LogP contribution >= 0.6 is 11.6 Å². The summed E-state index contributed by atoms with van der Waals surface area (Å²) < 4.78 is 37.5. The van der Waals surface area contributed by atoms with Crippen LogP contribution in [-0.2, 0) is 32.6 Å². The maximum atomic E-state index is 14.0. The Bertz CT molecular complexity index is 1430. The number of halogens is 1. The van der Waals surface area contributed by atoms with Crippen LogP contribution in [-0.4, -0.2) is 57.3 Å². The van der Waals surface area contributed by atoms with E-state index in [2.05, 4.69) is 5.32 Å². The highest BCUT2D eigenvalue weighted by molar-refractivity contribution is 7.92. The molecule has 0 saturated heterocycles. The molecule has 39 heavy (non-hydrogen) atoms. The highest BCUT2D eigenvalue weighted by atomic mass is 35.5. The summed E-state index contributed by atoms with van der Waals surface area (Å²) in [6.07, 6.45) is 1.25. The zero-order valence-electron chi connectivity index (χ0n) is 21.7. The number of amides is 2. The molecule has 0 spiro atoms. The molecule has 1 heterocycles. The lowest BCUT2D eigenvalue weighted by atomic mass is 10.0. The number of carbonyl (C=O) groups excluding carboxylic acids is 2. The van der Waals surface area contributed by atoms with Gasteiger partial charge in [0.15, 0.2) is 11.5 Å². The molecule has 0 radical (unpaired) electrons. The number of fused-ring (bicyclic) bond motifs is 1. The third kappa shape index (κ3) is 7.01. The molecule has 0 aromatic heterocycles. The average molecular weight is 572 g/mol. The van der Waals surface area contributed by atoms with E-state index in [1.54, 1.807) is 43.3 Å². The fourth-order valence-electron chi connectivity index (χ4n) is 4.31. The number of hydrogen-bond acceptors (Lipinski definition) is 6. The summed E-state index contributed by atoms with van der Waals surface area (Å²) in [4.78, 5) is 28.7. The van der Waals surface area contributed by atoms with Crippen molar-refractivity contribution in [3.05, 3.63) is 88.9 Å². The topological polar surface area (TPSA) is 105 Å². The molecule has 1 atom stereocenters. The van der Waals surface area contributed by atoms with Gasteiger partial charge in [0, 0.05) is 30.6 Å². The zero-order chi connectivity index (χ0) is 28.0. The first-order valence-corrected chi connectivity index (χ1v) is 14.6. The molecule has 0 fully saturated rings. The maximum Gasteiger partial charge on any atom is 0.244 e. The van der Waals surface area contributed by atoms with Crippen molar-refractivity contribution >= 4 is 39.1 Å². The van der Waals surface area contributed by atoms with E-state index in [4.69, 9.17) is 21.1 Å². The van der Waals surface area contributed by atoms with Crippen molar-refractivity contribution in [2.24, 2.45) is 0 Å². The lowest BCUT2D eigenvalue weighted by molar-refractivity contribution is -0.140. The third-order valence-corrected chi connectivity index (χ3v) is 7.75. The van der Waals surface area contributed by atoms with Gasteiger partial charge < -0.3 is 19.7 Å². The summed E-state index contributed by atoms with van der Waals surface area (Å²) in [5.74, 6) is -0.0511. The summed E-state index contributed by atoms with van der Waals surface area (Å²) in [6.45, 7) is 1.66. The molecule has 3 aromatic rings. The van der Waals surface area contributed by atoms with Gasteiger partial charge in [-0.05, 0) is 36.2 Å². The fraction of sp³-hybridized carbons (Fsp3) is 0.286. The number of rotatable bonds is 11. The van der Waals surface area contributed by atoms with Crippen molar-refractivity contribution in [3.63, 3.8) is 0 Å². The van der Waals surface area contributed by atoms with E-state index in [0.29, 0.717) is 28.6 Å². The Balaban J connectivity index is 1.72. The number of anilines is 1. The average Bonchev–Trinajstić information content (AvgIpc) is 3.38. The number of likely N-dealkylation sites (N-methyl/N-ethyl adjacent to an activating group) is 1. The van der Waals surface area contributed by atoms with Crippen molar-refractivity contribution < 1.29 is 27.5 Å². The minimum absolute atomic E-state index is 0.00584. The Morgan fingerprint density at radius 3 is 2.38 bits per heavy atom.